The molecular weight excluding hydrogens is 300 g/mol. The van der Waals surface area contributed by atoms with Crippen molar-refractivity contribution in [1.29, 1.82) is 0 Å². The first-order valence-corrected chi connectivity index (χ1v) is 7.79. The Kier molecular flexibility index (Phi) is 4.71. The monoisotopic (exact) mass is 312 g/mol. The van der Waals surface area contributed by atoms with E-state index in [-0.39, 0.29) is 26.2 Å². The predicted molar refractivity (Wildman–Crippen MR) is 70.6 cm³/mol. The average molecular weight is 313 g/mol. The summed E-state index contributed by atoms with van der Waals surface area (Å²) in [5.41, 5.74) is -0.390. The molecule has 18 heavy (non-hydrogen) atoms. The average Bonchev–Trinajstić information content (AvgIpc) is 2.60. The lowest BCUT2D eigenvalue weighted by molar-refractivity contribution is -0.384. The van der Waals surface area contributed by atoms with E-state index < -0.39 is 14.9 Å². The van der Waals surface area contributed by atoms with Crippen LogP contribution in [0.1, 0.15) is 20.8 Å². The minimum atomic E-state index is -3.76. The predicted octanol–water partition coefficient (Wildman–Crippen LogP) is 2.63. The van der Waals surface area contributed by atoms with Crippen LogP contribution < -0.4 is 4.72 Å². The number of rotatable bonds is 5. The number of halogens is 1. The van der Waals surface area contributed by atoms with Crippen LogP contribution in [0.5, 0.6) is 0 Å². The first-order valence-electron chi connectivity index (χ1n) is 5.11. The van der Waals surface area contributed by atoms with Gasteiger partial charge in [0.05, 0.1) is 4.92 Å². The summed E-state index contributed by atoms with van der Waals surface area (Å²) < 4.78 is 26.1. The van der Waals surface area contributed by atoms with Crippen molar-refractivity contribution in [1.82, 2.24) is 4.72 Å². The Balaban J connectivity index is 3.06. The Hall–Kier alpha value is -0.700. The van der Waals surface area contributed by atoms with E-state index in [9.17, 15) is 18.5 Å². The highest BCUT2D eigenvalue weighted by molar-refractivity contribution is 7.91. The molecule has 0 radical (unpaired) electrons. The van der Waals surface area contributed by atoms with Gasteiger partial charge in [-0.1, -0.05) is 25.4 Å². The first kappa shape index (κ1) is 15.4. The fourth-order valence-electron chi connectivity index (χ4n) is 1.03. The van der Waals surface area contributed by atoms with Crippen LogP contribution in [0.25, 0.3) is 0 Å². The Morgan fingerprint density at radius 3 is 2.39 bits per heavy atom. The molecule has 1 unspecified atom stereocenters. The van der Waals surface area contributed by atoms with E-state index in [2.05, 4.69) is 4.72 Å². The Bertz CT molecular complexity index is 553. The Morgan fingerprint density at radius 1 is 1.44 bits per heavy atom. The molecule has 102 valence electrons. The number of sulfonamides is 1. The van der Waals surface area contributed by atoms with Gasteiger partial charge in [0, 0.05) is 12.1 Å². The third-order valence-corrected chi connectivity index (χ3v) is 5.82. The lowest BCUT2D eigenvalue weighted by Crippen LogP contribution is -2.35. The van der Waals surface area contributed by atoms with Crippen molar-refractivity contribution in [2.45, 2.75) is 31.0 Å². The minimum absolute atomic E-state index is 0.116. The molecule has 0 bridgehead atoms. The van der Waals surface area contributed by atoms with Gasteiger partial charge >= 0.3 is 0 Å². The van der Waals surface area contributed by atoms with Crippen LogP contribution in [0.4, 0.5) is 5.69 Å². The lowest BCUT2D eigenvalue weighted by atomic mass is 10.1. The second-order valence-corrected chi connectivity index (χ2v) is 7.73. The SMILES string of the molecule is CC(C)C(C)NS(=O)(=O)c1cc([N+](=O)[O-])c(Cl)s1. The largest absolute Gasteiger partial charge is 0.300 e. The molecule has 1 aromatic rings. The quantitative estimate of drug-likeness (QED) is 0.668. The van der Waals surface area contributed by atoms with E-state index in [0.29, 0.717) is 11.3 Å². The van der Waals surface area contributed by atoms with Crippen molar-refractivity contribution in [3.05, 3.63) is 20.5 Å². The summed E-state index contributed by atoms with van der Waals surface area (Å²) in [6.45, 7) is 5.47. The highest BCUT2D eigenvalue weighted by Gasteiger charge is 2.26. The molecule has 0 amide bonds. The fourth-order valence-corrected chi connectivity index (χ4v) is 4.11. The molecule has 0 aromatic carbocycles. The molecular formula is C9H13ClN2O4S2. The molecule has 6 nitrogen and oxygen atoms in total. The van der Waals surface area contributed by atoms with E-state index in [0.717, 1.165) is 6.07 Å². The molecule has 0 aliphatic rings. The van der Waals surface area contributed by atoms with Crippen LogP contribution in [-0.4, -0.2) is 19.4 Å². The third kappa shape index (κ3) is 3.41. The summed E-state index contributed by atoms with van der Waals surface area (Å²) in [4.78, 5) is 9.90. The van der Waals surface area contributed by atoms with Crippen molar-refractivity contribution in [2.24, 2.45) is 5.92 Å². The van der Waals surface area contributed by atoms with Crippen LogP contribution in [0.15, 0.2) is 10.3 Å². The molecule has 1 rings (SSSR count). The maximum Gasteiger partial charge on any atom is 0.300 e. The van der Waals surface area contributed by atoms with Crippen LogP contribution in [-0.2, 0) is 10.0 Å². The lowest BCUT2D eigenvalue weighted by Gasteiger charge is -2.16. The number of thiophene rings is 1. The number of nitro groups is 1. The summed E-state index contributed by atoms with van der Waals surface area (Å²) in [7, 11) is -3.76. The second-order valence-electron chi connectivity index (χ2n) is 4.14. The van der Waals surface area contributed by atoms with E-state index in [4.69, 9.17) is 11.6 Å². The van der Waals surface area contributed by atoms with Crippen molar-refractivity contribution in [2.75, 3.05) is 0 Å². The number of hydrogen-bond donors (Lipinski definition) is 1. The van der Waals surface area contributed by atoms with Crippen molar-refractivity contribution < 1.29 is 13.3 Å². The van der Waals surface area contributed by atoms with E-state index >= 15 is 0 Å². The van der Waals surface area contributed by atoms with Crippen molar-refractivity contribution in [3.63, 3.8) is 0 Å². The highest BCUT2D eigenvalue weighted by Crippen LogP contribution is 2.36. The summed E-state index contributed by atoms with van der Waals surface area (Å²) in [5.74, 6) is 0.116. The fraction of sp³-hybridized carbons (Fsp3) is 0.556. The van der Waals surface area contributed by atoms with Crippen molar-refractivity contribution in [3.8, 4) is 0 Å². The second kappa shape index (κ2) is 5.52. The van der Waals surface area contributed by atoms with Gasteiger partial charge in [-0.2, -0.15) is 0 Å². The van der Waals surface area contributed by atoms with E-state index in [1.165, 1.54) is 0 Å². The molecule has 1 heterocycles. The normalized spacial score (nSPS) is 13.8. The summed E-state index contributed by atoms with van der Waals surface area (Å²) in [6.07, 6.45) is 0. The third-order valence-electron chi connectivity index (χ3n) is 2.45. The highest BCUT2D eigenvalue weighted by atomic mass is 35.5. The Labute approximate surface area is 114 Å². The summed E-state index contributed by atoms with van der Waals surface area (Å²) in [5, 5.41) is 10.6. The number of nitrogens with one attached hydrogen (secondary N) is 1. The molecule has 0 fully saturated rings. The molecule has 0 aliphatic heterocycles. The number of nitrogens with zero attached hydrogens (tertiary/aromatic N) is 1. The van der Waals surface area contributed by atoms with Crippen molar-refractivity contribution >= 4 is 38.6 Å². The van der Waals surface area contributed by atoms with Crippen LogP contribution >= 0.6 is 22.9 Å². The topological polar surface area (TPSA) is 89.3 Å². The molecule has 1 aromatic heterocycles. The van der Waals surface area contributed by atoms with Gasteiger partial charge in [0.25, 0.3) is 15.7 Å². The summed E-state index contributed by atoms with van der Waals surface area (Å²) in [6, 6.07) is 0.706. The maximum atomic E-state index is 12.0. The smallest absolute Gasteiger partial charge is 0.258 e. The standard InChI is InChI=1S/C9H13ClN2O4S2/c1-5(2)6(3)11-18(15,16)8-4-7(12(13)14)9(10)17-8/h4-6,11H,1-3H3. The first-order chi connectivity index (χ1) is 8.15. The van der Waals surface area contributed by atoms with Crippen LogP contribution in [0.2, 0.25) is 4.34 Å². The van der Waals surface area contributed by atoms with Gasteiger partial charge < -0.3 is 0 Å². The van der Waals surface area contributed by atoms with E-state index in [1.807, 2.05) is 13.8 Å². The Morgan fingerprint density at radius 2 is 2.00 bits per heavy atom. The van der Waals surface area contributed by atoms with Gasteiger partial charge in [-0.25, -0.2) is 13.1 Å². The van der Waals surface area contributed by atoms with Crippen LogP contribution in [0.3, 0.4) is 0 Å². The maximum absolute atomic E-state index is 12.0. The van der Waals surface area contributed by atoms with Gasteiger partial charge in [0.1, 0.15) is 4.21 Å². The van der Waals surface area contributed by atoms with Crippen LogP contribution in [0, 0.1) is 16.0 Å². The zero-order chi connectivity index (χ0) is 14.1. The van der Waals surface area contributed by atoms with Gasteiger partial charge in [0.15, 0.2) is 4.34 Å². The van der Waals surface area contributed by atoms with Gasteiger partial charge in [-0.3, -0.25) is 10.1 Å². The zero-order valence-corrected chi connectivity index (χ0v) is 12.4. The molecule has 0 spiro atoms. The molecule has 1 atom stereocenters. The molecule has 0 saturated carbocycles. The minimum Gasteiger partial charge on any atom is -0.258 e. The zero-order valence-electron chi connectivity index (χ0n) is 10.0. The number of hydrogen-bond acceptors (Lipinski definition) is 5. The molecule has 0 saturated heterocycles. The molecule has 1 N–H and O–H groups in total. The molecule has 0 aliphatic carbocycles. The van der Waals surface area contributed by atoms with E-state index in [1.54, 1.807) is 6.92 Å². The van der Waals surface area contributed by atoms with Gasteiger partial charge in [0.2, 0.25) is 0 Å². The summed E-state index contributed by atoms with van der Waals surface area (Å²) >= 11 is 6.31. The van der Waals surface area contributed by atoms with Gasteiger partial charge in [-0.05, 0) is 12.8 Å². The molecule has 9 heteroatoms. The van der Waals surface area contributed by atoms with Gasteiger partial charge in [-0.15, -0.1) is 11.3 Å².